The maximum Gasteiger partial charge on any atom is 0.317 e. The van der Waals surface area contributed by atoms with Gasteiger partial charge in [-0.1, -0.05) is 0 Å². The van der Waals surface area contributed by atoms with E-state index in [1.165, 1.54) is 0 Å². The van der Waals surface area contributed by atoms with E-state index in [0.29, 0.717) is 56.2 Å². The van der Waals surface area contributed by atoms with Crippen LogP contribution >= 0.6 is 0 Å². The van der Waals surface area contributed by atoms with Crippen LogP contribution in [0, 0.1) is 0 Å². The molecule has 2 N–H and O–H groups in total. The van der Waals surface area contributed by atoms with Crippen molar-refractivity contribution in [2.24, 2.45) is 0 Å². The van der Waals surface area contributed by atoms with Crippen LogP contribution in [0.2, 0.25) is 0 Å². The Hall–Kier alpha value is -2.77. The Morgan fingerprint density at radius 2 is 1.85 bits per heavy atom. The molecule has 0 radical (unpaired) electrons. The number of hydrogen-bond acceptors (Lipinski definition) is 4. The highest BCUT2D eigenvalue weighted by atomic mass is 16.5. The smallest absolute Gasteiger partial charge is 0.317 e. The Morgan fingerprint density at radius 3 is 2.54 bits per heavy atom. The molecule has 0 aromatic heterocycles. The summed E-state index contributed by atoms with van der Waals surface area (Å²) in [7, 11) is 0. The van der Waals surface area contributed by atoms with Crippen molar-refractivity contribution in [3.05, 3.63) is 23.8 Å². The predicted octanol–water partition coefficient (Wildman–Crippen LogP) is 1.28. The quantitative estimate of drug-likeness (QED) is 0.831. The molecule has 1 fully saturated rings. The zero-order valence-electron chi connectivity index (χ0n) is 15.1. The summed E-state index contributed by atoms with van der Waals surface area (Å²) >= 11 is 0. The van der Waals surface area contributed by atoms with Gasteiger partial charge in [-0.05, 0) is 32.0 Å². The topological polar surface area (TPSA) is 91.0 Å². The largest absolute Gasteiger partial charge is 0.491 e. The van der Waals surface area contributed by atoms with Crippen LogP contribution in [0.4, 0.5) is 10.5 Å². The average Bonchev–Trinajstić information content (AvgIpc) is 2.80. The molecule has 8 heteroatoms. The summed E-state index contributed by atoms with van der Waals surface area (Å²) in [5, 5.41) is 5.63. The summed E-state index contributed by atoms with van der Waals surface area (Å²) in [6.07, 6.45) is 0.290. The molecule has 1 aromatic carbocycles. The average molecular weight is 360 g/mol. The number of fused-ring (bicyclic) bond motifs is 1. The van der Waals surface area contributed by atoms with Gasteiger partial charge in [-0.15, -0.1) is 0 Å². The molecule has 140 valence electrons. The first kappa shape index (κ1) is 18.0. The first-order valence-corrected chi connectivity index (χ1v) is 8.85. The maximum absolute atomic E-state index is 12.8. The zero-order chi connectivity index (χ0) is 18.7. The van der Waals surface area contributed by atoms with Crippen molar-refractivity contribution in [1.82, 2.24) is 15.1 Å². The number of nitrogens with zero attached hydrogens (tertiary/aromatic N) is 2. The van der Waals surface area contributed by atoms with Crippen molar-refractivity contribution in [3.8, 4) is 5.75 Å². The van der Waals surface area contributed by atoms with Crippen LogP contribution in [-0.2, 0) is 4.79 Å². The second kappa shape index (κ2) is 7.63. The Morgan fingerprint density at radius 1 is 1.15 bits per heavy atom. The highest BCUT2D eigenvalue weighted by molar-refractivity contribution is 5.98. The highest BCUT2D eigenvalue weighted by Crippen LogP contribution is 2.28. The third-order valence-corrected chi connectivity index (χ3v) is 4.35. The minimum atomic E-state index is -0.127. The second-order valence-electron chi connectivity index (χ2n) is 6.74. The van der Waals surface area contributed by atoms with E-state index in [4.69, 9.17) is 4.74 Å². The standard InChI is InChI=1S/C18H24N4O4/c1-12(2)19-18(25)22-8-6-21(7-9-22)17(24)13-3-4-15-14(11-13)20-16(23)5-10-26-15/h3-4,11-12H,5-10H2,1-2H3,(H,19,25)(H,20,23). The summed E-state index contributed by atoms with van der Waals surface area (Å²) < 4.78 is 5.51. The van der Waals surface area contributed by atoms with Crippen LogP contribution in [0.5, 0.6) is 5.75 Å². The van der Waals surface area contributed by atoms with Gasteiger partial charge in [0.1, 0.15) is 5.75 Å². The lowest BCUT2D eigenvalue weighted by atomic mass is 10.1. The first-order chi connectivity index (χ1) is 12.4. The van der Waals surface area contributed by atoms with Gasteiger partial charge in [0.15, 0.2) is 0 Å². The van der Waals surface area contributed by atoms with Gasteiger partial charge < -0.3 is 25.2 Å². The first-order valence-electron chi connectivity index (χ1n) is 8.85. The fourth-order valence-corrected chi connectivity index (χ4v) is 2.99. The molecule has 0 spiro atoms. The van der Waals surface area contributed by atoms with E-state index in [1.54, 1.807) is 28.0 Å². The minimum absolute atomic E-state index is 0.0826. The van der Waals surface area contributed by atoms with Crippen molar-refractivity contribution in [2.75, 3.05) is 38.1 Å². The summed E-state index contributed by atoms with van der Waals surface area (Å²) in [4.78, 5) is 39.9. The summed E-state index contributed by atoms with van der Waals surface area (Å²) in [5.74, 6) is 0.330. The normalized spacial score (nSPS) is 17.1. The molecule has 2 aliphatic rings. The maximum atomic E-state index is 12.8. The molecule has 0 saturated carbocycles. The number of carbonyl (C=O) groups is 3. The van der Waals surface area contributed by atoms with Crippen LogP contribution in [0.3, 0.4) is 0 Å². The number of benzene rings is 1. The van der Waals surface area contributed by atoms with Crippen LogP contribution < -0.4 is 15.4 Å². The fourth-order valence-electron chi connectivity index (χ4n) is 2.99. The Labute approximate surface area is 152 Å². The molecule has 1 saturated heterocycles. The van der Waals surface area contributed by atoms with E-state index in [1.807, 2.05) is 13.8 Å². The molecular weight excluding hydrogens is 336 g/mol. The number of piperazine rings is 1. The lowest BCUT2D eigenvalue weighted by Crippen LogP contribution is -2.54. The molecule has 0 unspecified atom stereocenters. The molecule has 1 aromatic rings. The molecule has 26 heavy (non-hydrogen) atoms. The molecule has 0 aliphatic carbocycles. The number of hydrogen-bond donors (Lipinski definition) is 2. The third-order valence-electron chi connectivity index (χ3n) is 4.35. The lowest BCUT2D eigenvalue weighted by Gasteiger charge is -2.35. The Kier molecular flexibility index (Phi) is 5.29. The molecule has 4 amide bonds. The van der Waals surface area contributed by atoms with Crippen molar-refractivity contribution in [3.63, 3.8) is 0 Å². The van der Waals surface area contributed by atoms with Crippen molar-refractivity contribution in [1.29, 1.82) is 0 Å². The van der Waals surface area contributed by atoms with Gasteiger partial charge in [-0.2, -0.15) is 0 Å². The molecule has 2 heterocycles. The van der Waals surface area contributed by atoms with E-state index in [2.05, 4.69) is 10.6 Å². The van der Waals surface area contributed by atoms with Gasteiger partial charge in [0.25, 0.3) is 5.91 Å². The molecule has 0 bridgehead atoms. The van der Waals surface area contributed by atoms with E-state index < -0.39 is 0 Å². The lowest BCUT2D eigenvalue weighted by molar-refractivity contribution is -0.116. The van der Waals surface area contributed by atoms with Crippen LogP contribution in [0.25, 0.3) is 0 Å². The monoisotopic (exact) mass is 360 g/mol. The van der Waals surface area contributed by atoms with Crippen molar-refractivity contribution in [2.45, 2.75) is 26.3 Å². The number of anilines is 1. The number of rotatable bonds is 2. The molecule has 2 aliphatic heterocycles. The summed E-state index contributed by atoms with van der Waals surface area (Å²) in [5.41, 5.74) is 1.02. The van der Waals surface area contributed by atoms with Gasteiger partial charge in [0.05, 0.1) is 18.7 Å². The van der Waals surface area contributed by atoms with Gasteiger partial charge in [-0.25, -0.2) is 4.79 Å². The predicted molar refractivity (Wildman–Crippen MR) is 96.3 cm³/mol. The van der Waals surface area contributed by atoms with Gasteiger partial charge in [0, 0.05) is 37.8 Å². The second-order valence-corrected chi connectivity index (χ2v) is 6.74. The van der Waals surface area contributed by atoms with Crippen LogP contribution in [0.1, 0.15) is 30.6 Å². The van der Waals surface area contributed by atoms with Crippen LogP contribution in [0.15, 0.2) is 18.2 Å². The zero-order valence-corrected chi connectivity index (χ0v) is 15.1. The SMILES string of the molecule is CC(C)NC(=O)N1CCN(C(=O)c2ccc3c(c2)NC(=O)CCO3)CC1. The highest BCUT2D eigenvalue weighted by Gasteiger charge is 2.26. The van der Waals surface area contributed by atoms with Crippen molar-refractivity contribution >= 4 is 23.5 Å². The van der Waals surface area contributed by atoms with E-state index in [0.717, 1.165) is 0 Å². The third kappa shape index (κ3) is 4.07. The van der Waals surface area contributed by atoms with Crippen LogP contribution in [-0.4, -0.2) is 66.5 Å². The summed E-state index contributed by atoms with van der Waals surface area (Å²) in [6, 6.07) is 5.05. The van der Waals surface area contributed by atoms with Gasteiger partial charge in [-0.3, -0.25) is 9.59 Å². The van der Waals surface area contributed by atoms with E-state index >= 15 is 0 Å². The Bertz CT molecular complexity index is 711. The summed E-state index contributed by atoms with van der Waals surface area (Å²) in [6.45, 7) is 6.10. The molecule has 8 nitrogen and oxygen atoms in total. The fraction of sp³-hybridized carbons (Fsp3) is 0.500. The molecular formula is C18H24N4O4. The van der Waals surface area contributed by atoms with E-state index in [-0.39, 0.29) is 23.9 Å². The minimum Gasteiger partial charge on any atom is -0.491 e. The number of carbonyl (C=O) groups excluding carboxylic acids is 3. The molecule has 3 rings (SSSR count). The number of nitrogens with one attached hydrogen (secondary N) is 2. The van der Waals surface area contributed by atoms with Gasteiger partial charge >= 0.3 is 6.03 Å². The van der Waals surface area contributed by atoms with E-state index in [9.17, 15) is 14.4 Å². The number of ether oxygens (including phenoxy) is 1. The Balaban J connectivity index is 1.64. The van der Waals surface area contributed by atoms with Crippen molar-refractivity contribution < 1.29 is 19.1 Å². The number of urea groups is 1. The number of amides is 4. The molecule has 0 atom stereocenters. The van der Waals surface area contributed by atoms with Gasteiger partial charge in [0.2, 0.25) is 5.91 Å².